The van der Waals surface area contributed by atoms with Gasteiger partial charge in [-0.25, -0.2) is 0 Å². The Labute approximate surface area is 130 Å². The molecule has 1 aromatic rings. The number of hydrogen-bond acceptors (Lipinski definition) is 4. The van der Waals surface area contributed by atoms with Gasteiger partial charge in [-0.3, -0.25) is 9.59 Å². The van der Waals surface area contributed by atoms with Gasteiger partial charge in [-0.15, -0.1) is 0 Å². The molecule has 118 valence electrons. The highest BCUT2D eigenvalue weighted by atomic mass is 16.5. The Bertz CT molecular complexity index is 581. The van der Waals surface area contributed by atoms with Crippen molar-refractivity contribution in [1.29, 1.82) is 0 Å². The molecule has 1 unspecified atom stereocenters. The number of fused-ring (bicyclic) bond motifs is 1. The van der Waals surface area contributed by atoms with Gasteiger partial charge in [-0.05, 0) is 43.0 Å². The molecule has 0 saturated carbocycles. The zero-order valence-electron chi connectivity index (χ0n) is 12.8. The summed E-state index contributed by atoms with van der Waals surface area (Å²) in [6.07, 6.45) is 6.70. The van der Waals surface area contributed by atoms with Crippen molar-refractivity contribution in [2.75, 3.05) is 19.0 Å². The number of esters is 1. The number of anilines is 1. The summed E-state index contributed by atoms with van der Waals surface area (Å²) in [5, 5.41) is 2.88. The lowest BCUT2D eigenvalue weighted by molar-refractivity contribution is -0.143. The first kappa shape index (κ1) is 16.2. The first-order valence-corrected chi connectivity index (χ1v) is 7.51. The largest absolute Gasteiger partial charge is 0.469 e. The summed E-state index contributed by atoms with van der Waals surface area (Å²) < 4.78 is 4.64. The predicted octanol–water partition coefficient (Wildman–Crippen LogP) is 2.11. The van der Waals surface area contributed by atoms with Crippen molar-refractivity contribution in [1.82, 2.24) is 0 Å². The molecule has 0 fully saturated rings. The highest BCUT2D eigenvalue weighted by Gasteiger charge is 2.28. The molecule has 1 amide bonds. The van der Waals surface area contributed by atoms with Crippen molar-refractivity contribution in [3.05, 3.63) is 35.4 Å². The SMILES string of the molecule is COC(=O)CC1Cc2ccc(C=CCCCN)cc2NC1=O. The van der Waals surface area contributed by atoms with Crippen LogP contribution in [0, 0.1) is 5.92 Å². The van der Waals surface area contributed by atoms with Gasteiger partial charge in [0.05, 0.1) is 19.4 Å². The zero-order chi connectivity index (χ0) is 15.9. The van der Waals surface area contributed by atoms with E-state index in [-0.39, 0.29) is 24.2 Å². The molecule has 5 nitrogen and oxygen atoms in total. The lowest BCUT2D eigenvalue weighted by Gasteiger charge is -2.24. The molecule has 1 aromatic carbocycles. The number of unbranched alkanes of at least 4 members (excludes halogenated alkanes) is 1. The number of rotatable bonds is 6. The average Bonchev–Trinajstić information content (AvgIpc) is 2.52. The van der Waals surface area contributed by atoms with E-state index in [9.17, 15) is 9.59 Å². The number of ether oxygens (including phenoxy) is 1. The number of carbonyl (C=O) groups excluding carboxylic acids is 2. The summed E-state index contributed by atoms with van der Waals surface area (Å²) in [7, 11) is 1.33. The first-order chi connectivity index (χ1) is 10.6. The third-order valence-electron chi connectivity index (χ3n) is 3.75. The predicted molar refractivity (Wildman–Crippen MR) is 86.2 cm³/mol. The molecule has 2 rings (SSSR count). The summed E-state index contributed by atoms with van der Waals surface area (Å²) >= 11 is 0. The third kappa shape index (κ3) is 4.18. The van der Waals surface area contributed by atoms with Crippen molar-refractivity contribution in [3.8, 4) is 0 Å². The smallest absolute Gasteiger partial charge is 0.306 e. The molecule has 1 aliphatic heterocycles. The molecule has 22 heavy (non-hydrogen) atoms. The zero-order valence-corrected chi connectivity index (χ0v) is 12.8. The molecule has 3 N–H and O–H groups in total. The van der Waals surface area contributed by atoms with E-state index in [0.717, 1.165) is 29.7 Å². The molecule has 5 heteroatoms. The second-order valence-electron chi connectivity index (χ2n) is 5.42. The number of amides is 1. The maximum atomic E-state index is 12.1. The Balaban J connectivity index is 2.06. The van der Waals surface area contributed by atoms with Crippen LogP contribution in [0.2, 0.25) is 0 Å². The normalized spacial score (nSPS) is 17.2. The number of benzene rings is 1. The Morgan fingerprint density at radius 3 is 3.05 bits per heavy atom. The monoisotopic (exact) mass is 302 g/mol. The van der Waals surface area contributed by atoms with E-state index in [0.29, 0.717) is 13.0 Å². The van der Waals surface area contributed by atoms with Crippen LogP contribution in [-0.4, -0.2) is 25.5 Å². The lowest BCUT2D eigenvalue weighted by Crippen LogP contribution is -2.31. The number of allylic oxidation sites excluding steroid dienone is 1. The van der Waals surface area contributed by atoms with Gasteiger partial charge in [-0.1, -0.05) is 24.3 Å². The highest BCUT2D eigenvalue weighted by Crippen LogP contribution is 2.28. The van der Waals surface area contributed by atoms with Crippen molar-refractivity contribution in [3.63, 3.8) is 0 Å². The number of nitrogens with one attached hydrogen (secondary N) is 1. The molecule has 0 aromatic heterocycles. The third-order valence-corrected chi connectivity index (χ3v) is 3.75. The molecule has 1 aliphatic rings. The number of nitrogens with two attached hydrogens (primary N) is 1. The molecule has 0 spiro atoms. The average molecular weight is 302 g/mol. The minimum absolute atomic E-state index is 0.114. The van der Waals surface area contributed by atoms with Gasteiger partial charge in [0.1, 0.15) is 0 Å². The standard InChI is InChI=1S/C17H22N2O3/c1-22-16(20)11-14-10-13-7-6-12(5-3-2-4-8-18)9-15(13)19-17(14)21/h3,5-7,9,14H,2,4,8,10-11,18H2,1H3,(H,19,21). The number of carbonyl (C=O) groups is 2. The molecule has 0 radical (unpaired) electrons. The van der Waals surface area contributed by atoms with Crippen LogP contribution in [0.3, 0.4) is 0 Å². The van der Waals surface area contributed by atoms with Gasteiger partial charge >= 0.3 is 5.97 Å². The van der Waals surface area contributed by atoms with Gasteiger partial charge in [0.25, 0.3) is 0 Å². The van der Waals surface area contributed by atoms with E-state index in [1.807, 2.05) is 24.3 Å². The van der Waals surface area contributed by atoms with E-state index < -0.39 is 0 Å². The van der Waals surface area contributed by atoms with Gasteiger partial charge in [0, 0.05) is 5.69 Å². The Hall–Kier alpha value is -2.14. The van der Waals surface area contributed by atoms with Gasteiger partial charge < -0.3 is 15.8 Å². The summed E-state index contributed by atoms with van der Waals surface area (Å²) in [6.45, 7) is 0.687. The van der Waals surface area contributed by atoms with E-state index >= 15 is 0 Å². The maximum Gasteiger partial charge on any atom is 0.306 e. The van der Waals surface area contributed by atoms with Crippen molar-refractivity contribution in [2.45, 2.75) is 25.7 Å². The second kappa shape index (κ2) is 7.75. The summed E-state index contributed by atoms with van der Waals surface area (Å²) in [4.78, 5) is 23.4. The quantitative estimate of drug-likeness (QED) is 0.623. The molecule has 0 saturated heterocycles. The van der Waals surface area contributed by atoms with Crippen LogP contribution in [0.15, 0.2) is 24.3 Å². The topological polar surface area (TPSA) is 81.4 Å². The lowest BCUT2D eigenvalue weighted by atomic mass is 9.90. The number of methoxy groups -OCH3 is 1. The van der Waals surface area contributed by atoms with Crippen molar-refractivity contribution >= 4 is 23.6 Å². The molecule has 0 aliphatic carbocycles. The Morgan fingerprint density at radius 1 is 1.50 bits per heavy atom. The molecular formula is C17H22N2O3. The van der Waals surface area contributed by atoms with Crippen LogP contribution in [0.4, 0.5) is 5.69 Å². The van der Waals surface area contributed by atoms with Crippen LogP contribution in [0.5, 0.6) is 0 Å². The van der Waals surface area contributed by atoms with E-state index in [4.69, 9.17) is 5.73 Å². The Morgan fingerprint density at radius 2 is 2.32 bits per heavy atom. The molecule has 1 atom stereocenters. The van der Waals surface area contributed by atoms with Crippen molar-refractivity contribution < 1.29 is 14.3 Å². The second-order valence-corrected chi connectivity index (χ2v) is 5.42. The van der Waals surface area contributed by atoms with Crippen molar-refractivity contribution in [2.24, 2.45) is 11.7 Å². The highest BCUT2D eigenvalue weighted by molar-refractivity contribution is 5.97. The van der Waals surface area contributed by atoms with Crippen LogP contribution in [0.1, 0.15) is 30.4 Å². The van der Waals surface area contributed by atoms with Gasteiger partial charge in [0.15, 0.2) is 0 Å². The van der Waals surface area contributed by atoms with Crippen LogP contribution in [-0.2, 0) is 20.7 Å². The van der Waals surface area contributed by atoms with Crippen LogP contribution < -0.4 is 11.1 Å². The summed E-state index contributed by atoms with van der Waals surface area (Å²) in [5.41, 5.74) is 8.38. The van der Waals surface area contributed by atoms with Gasteiger partial charge in [0.2, 0.25) is 5.91 Å². The molecule has 0 bridgehead atoms. The number of hydrogen-bond donors (Lipinski definition) is 2. The van der Waals surface area contributed by atoms with E-state index in [2.05, 4.69) is 16.1 Å². The summed E-state index contributed by atoms with van der Waals surface area (Å²) in [6, 6.07) is 5.98. The maximum absolute atomic E-state index is 12.1. The fraction of sp³-hybridized carbons (Fsp3) is 0.412. The van der Waals surface area contributed by atoms with Crippen LogP contribution in [0.25, 0.3) is 6.08 Å². The van der Waals surface area contributed by atoms with Crippen LogP contribution >= 0.6 is 0 Å². The van der Waals surface area contributed by atoms with E-state index in [1.54, 1.807) is 0 Å². The molecular weight excluding hydrogens is 280 g/mol. The fourth-order valence-corrected chi connectivity index (χ4v) is 2.49. The molecule has 1 heterocycles. The fourth-order valence-electron chi connectivity index (χ4n) is 2.49. The summed E-state index contributed by atoms with van der Waals surface area (Å²) in [5.74, 6) is -0.837. The van der Waals surface area contributed by atoms with Gasteiger partial charge in [-0.2, -0.15) is 0 Å². The Kier molecular flexibility index (Phi) is 5.72. The minimum Gasteiger partial charge on any atom is -0.469 e. The minimum atomic E-state index is -0.358. The van der Waals surface area contributed by atoms with E-state index in [1.165, 1.54) is 7.11 Å². The first-order valence-electron chi connectivity index (χ1n) is 7.51.